The van der Waals surface area contributed by atoms with Gasteiger partial charge in [0.15, 0.2) is 5.69 Å². The summed E-state index contributed by atoms with van der Waals surface area (Å²) < 4.78 is 40.5. The lowest BCUT2D eigenvalue weighted by atomic mass is 9.88. The molecule has 0 fully saturated rings. The van der Waals surface area contributed by atoms with Crippen molar-refractivity contribution in [1.82, 2.24) is 15.1 Å². The van der Waals surface area contributed by atoms with Gasteiger partial charge < -0.3 is 10.4 Å². The van der Waals surface area contributed by atoms with Crippen molar-refractivity contribution in [2.75, 3.05) is 6.54 Å². The van der Waals surface area contributed by atoms with Gasteiger partial charge in [-0.1, -0.05) is 20.3 Å². The van der Waals surface area contributed by atoms with E-state index in [2.05, 4.69) is 10.4 Å². The zero-order valence-electron chi connectivity index (χ0n) is 14.0. The van der Waals surface area contributed by atoms with Gasteiger partial charge in [0, 0.05) is 12.6 Å². The van der Waals surface area contributed by atoms with Gasteiger partial charge in [-0.2, -0.15) is 18.3 Å². The van der Waals surface area contributed by atoms with Crippen LogP contribution >= 0.6 is 0 Å². The van der Waals surface area contributed by atoms with Crippen LogP contribution in [-0.4, -0.2) is 32.9 Å². The van der Waals surface area contributed by atoms with Crippen LogP contribution in [0.25, 0.3) is 0 Å². The van der Waals surface area contributed by atoms with Crippen molar-refractivity contribution in [2.24, 2.45) is 5.92 Å². The quantitative estimate of drug-likeness (QED) is 0.840. The van der Waals surface area contributed by atoms with Gasteiger partial charge in [-0.3, -0.25) is 9.48 Å². The summed E-state index contributed by atoms with van der Waals surface area (Å²) in [4.78, 5) is 12.1. The first-order valence-corrected chi connectivity index (χ1v) is 7.57. The molecule has 1 amide bonds. The van der Waals surface area contributed by atoms with E-state index in [1.54, 1.807) is 20.8 Å². The van der Waals surface area contributed by atoms with Crippen molar-refractivity contribution in [1.29, 1.82) is 0 Å². The van der Waals surface area contributed by atoms with Crippen molar-refractivity contribution in [3.05, 3.63) is 17.5 Å². The first kappa shape index (κ1) is 19.5. The van der Waals surface area contributed by atoms with E-state index < -0.39 is 35.0 Å². The van der Waals surface area contributed by atoms with E-state index in [-0.39, 0.29) is 12.5 Å². The van der Waals surface area contributed by atoms with Crippen LogP contribution in [-0.2, 0) is 6.18 Å². The second kappa shape index (κ2) is 6.90. The smallest absolute Gasteiger partial charge is 0.388 e. The molecule has 1 aromatic rings. The maximum Gasteiger partial charge on any atom is 0.433 e. The largest absolute Gasteiger partial charge is 0.433 e. The molecule has 1 aromatic heterocycles. The Morgan fingerprint density at radius 1 is 1.39 bits per heavy atom. The summed E-state index contributed by atoms with van der Waals surface area (Å²) in [7, 11) is 0. The van der Waals surface area contributed by atoms with E-state index in [0.717, 1.165) is 10.9 Å². The minimum Gasteiger partial charge on any atom is -0.388 e. The number of carbonyl (C=O) groups is 1. The number of hydrogen-bond acceptors (Lipinski definition) is 3. The number of alkyl halides is 3. The zero-order chi connectivity index (χ0) is 18.0. The number of nitrogens with zero attached hydrogens (tertiary/aromatic N) is 2. The highest BCUT2D eigenvalue weighted by Crippen LogP contribution is 2.33. The first-order chi connectivity index (χ1) is 10.4. The monoisotopic (exact) mass is 335 g/mol. The summed E-state index contributed by atoms with van der Waals surface area (Å²) in [5, 5.41) is 16.3. The van der Waals surface area contributed by atoms with Crippen LogP contribution in [0.15, 0.2) is 6.20 Å². The molecular weight excluding hydrogens is 311 g/mol. The molecule has 1 heterocycles. The van der Waals surface area contributed by atoms with Crippen LogP contribution in [0.4, 0.5) is 13.2 Å². The average Bonchev–Trinajstić information content (AvgIpc) is 2.89. The summed E-state index contributed by atoms with van der Waals surface area (Å²) >= 11 is 0. The lowest BCUT2D eigenvalue weighted by Crippen LogP contribution is -2.45. The molecule has 0 aromatic carbocycles. The molecule has 0 saturated carbocycles. The Labute approximate surface area is 133 Å². The minimum absolute atomic E-state index is 0.108. The Hall–Kier alpha value is -1.57. The number of rotatable bonds is 6. The van der Waals surface area contributed by atoms with Gasteiger partial charge in [-0.25, -0.2) is 0 Å². The molecule has 2 N–H and O–H groups in total. The molecule has 0 saturated heterocycles. The van der Waals surface area contributed by atoms with Crippen molar-refractivity contribution in [3.63, 3.8) is 0 Å². The van der Waals surface area contributed by atoms with Crippen LogP contribution in [0.5, 0.6) is 0 Å². The van der Waals surface area contributed by atoms with E-state index in [9.17, 15) is 23.1 Å². The fraction of sp³-hybridized carbons (Fsp3) is 0.733. The standard InChI is InChI=1S/C15H24F3N3O2/c1-6-10(4)14(5,23)8-19-13(22)11-7-20-21(9(2)3)12(11)15(16,17)18/h7,9-10,23H,6,8H2,1-5H3,(H,19,22). The molecule has 0 aliphatic heterocycles. The zero-order valence-corrected chi connectivity index (χ0v) is 14.0. The van der Waals surface area contributed by atoms with Gasteiger partial charge in [0.1, 0.15) is 0 Å². The normalized spacial score (nSPS) is 16.3. The SMILES string of the molecule is CCC(C)C(C)(O)CNC(=O)c1cnn(C(C)C)c1C(F)(F)F. The Balaban J connectivity index is 3.02. The number of amides is 1. The highest BCUT2D eigenvalue weighted by Gasteiger charge is 2.41. The third-order valence-corrected chi connectivity index (χ3v) is 4.08. The lowest BCUT2D eigenvalue weighted by Gasteiger charge is -2.29. The van der Waals surface area contributed by atoms with E-state index in [1.807, 2.05) is 13.8 Å². The summed E-state index contributed by atoms with van der Waals surface area (Å²) in [6.07, 6.45) is -3.09. The lowest BCUT2D eigenvalue weighted by molar-refractivity contribution is -0.145. The van der Waals surface area contributed by atoms with Crippen molar-refractivity contribution in [3.8, 4) is 0 Å². The Bertz CT molecular complexity index is 551. The van der Waals surface area contributed by atoms with Crippen molar-refractivity contribution < 1.29 is 23.1 Å². The van der Waals surface area contributed by atoms with E-state index in [1.165, 1.54) is 0 Å². The molecule has 1 rings (SSSR count). The minimum atomic E-state index is -4.69. The molecule has 0 radical (unpaired) electrons. The summed E-state index contributed by atoms with van der Waals surface area (Å²) in [5.41, 5.74) is -2.81. The number of nitrogens with one attached hydrogen (secondary N) is 1. The molecule has 8 heteroatoms. The van der Waals surface area contributed by atoms with E-state index in [0.29, 0.717) is 6.42 Å². The van der Waals surface area contributed by atoms with Gasteiger partial charge in [-0.05, 0) is 26.7 Å². The first-order valence-electron chi connectivity index (χ1n) is 7.57. The predicted octanol–water partition coefficient (Wildman–Crippen LogP) is 3.01. The fourth-order valence-corrected chi connectivity index (χ4v) is 2.17. The van der Waals surface area contributed by atoms with Crippen LogP contribution in [0, 0.1) is 5.92 Å². The van der Waals surface area contributed by atoms with Crippen molar-refractivity contribution in [2.45, 2.75) is 58.9 Å². The number of aromatic nitrogens is 2. The summed E-state index contributed by atoms with van der Waals surface area (Å²) in [5.74, 6) is -1.00. The molecular formula is C15H24F3N3O2. The average molecular weight is 335 g/mol. The van der Waals surface area contributed by atoms with Gasteiger partial charge in [0.05, 0.1) is 17.4 Å². The third kappa shape index (κ3) is 4.46. The fourth-order valence-electron chi connectivity index (χ4n) is 2.17. The maximum absolute atomic E-state index is 13.2. The highest BCUT2D eigenvalue weighted by atomic mass is 19.4. The number of hydrogen-bond donors (Lipinski definition) is 2. The topological polar surface area (TPSA) is 67.2 Å². The second-order valence-corrected chi connectivity index (χ2v) is 6.29. The van der Waals surface area contributed by atoms with Crippen LogP contribution in [0.2, 0.25) is 0 Å². The Morgan fingerprint density at radius 2 is 1.96 bits per heavy atom. The summed E-state index contributed by atoms with van der Waals surface area (Å²) in [6, 6.07) is -0.531. The Kier molecular flexibility index (Phi) is 5.84. The molecule has 132 valence electrons. The molecule has 0 spiro atoms. The molecule has 0 bridgehead atoms. The molecule has 2 atom stereocenters. The summed E-state index contributed by atoms with van der Waals surface area (Å²) in [6.45, 7) is 8.21. The molecule has 0 aliphatic carbocycles. The van der Waals surface area contributed by atoms with Gasteiger partial charge >= 0.3 is 6.18 Å². The van der Waals surface area contributed by atoms with Crippen LogP contribution in [0.1, 0.15) is 63.1 Å². The predicted molar refractivity (Wildman–Crippen MR) is 80.0 cm³/mol. The van der Waals surface area contributed by atoms with Crippen LogP contribution in [0.3, 0.4) is 0 Å². The molecule has 5 nitrogen and oxygen atoms in total. The van der Waals surface area contributed by atoms with Gasteiger partial charge in [0.25, 0.3) is 5.91 Å². The van der Waals surface area contributed by atoms with E-state index in [4.69, 9.17) is 0 Å². The third-order valence-electron chi connectivity index (χ3n) is 4.08. The van der Waals surface area contributed by atoms with Gasteiger partial charge in [-0.15, -0.1) is 0 Å². The van der Waals surface area contributed by atoms with Gasteiger partial charge in [0.2, 0.25) is 0 Å². The maximum atomic E-state index is 13.2. The van der Waals surface area contributed by atoms with Crippen LogP contribution < -0.4 is 5.32 Å². The second-order valence-electron chi connectivity index (χ2n) is 6.29. The molecule has 2 unspecified atom stereocenters. The number of aliphatic hydroxyl groups is 1. The molecule has 0 aliphatic rings. The highest BCUT2D eigenvalue weighted by molar-refractivity contribution is 5.95. The number of carbonyl (C=O) groups excluding carboxylic acids is 1. The number of halogens is 3. The Morgan fingerprint density at radius 3 is 2.39 bits per heavy atom. The van der Waals surface area contributed by atoms with E-state index >= 15 is 0 Å². The van der Waals surface area contributed by atoms with Crippen molar-refractivity contribution >= 4 is 5.91 Å². The molecule has 23 heavy (non-hydrogen) atoms.